The molecule has 6 heteroatoms. The van der Waals surface area contributed by atoms with Gasteiger partial charge in [0.15, 0.2) is 0 Å². The Morgan fingerprint density at radius 2 is 0.628 bits per heavy atom. The van der Waals surface area contributed by atoms with E-state index in [2.05, 4.69) is 251 Å². The van der Waals surface area contributed by atoms with Gasteiger partial charge < -0.3 is 27.3 Å². The van der Waals surface area contributed by atoms with Crippen LogP contribution < -0.4 is 4.90 Å². The third-order valence-electron chi connectivity index (χ3n) is 16.1. The summed E-state index contributed by atoms with van der Waals surface area (Å²) < 4.78 is 25.0. The minimum absolute atomic E-state index is 0.889. The fourth-order valence-corrected chi connectivity index (χ4v) is 12.7. The van der Waals surface area contributed by atoms with Crippen LogP contribution in [0.2, 0.25) is 0 Å². The van der Waals surface area contributed by atoms with E-state index in [1.54, 1.807) is 0 Å². The maximum atomic E-state index is 7.24. The maximum Gasteiger partial charge on any atom is 0.145 e. The number of hydrogen-bond acceptors (Lipinski definition) is 4. The van der Waals surface area contributed by atoms with Crippen LogP contribution in [0.5, 0.6) is 0 Å². The van der Waals surface area contributed by atoms with E-state index in [-0.39, 0.29) is 0 Å². The monoisotopic (exact) mass is 997 g/mol. The molecule has 0 bridgehead atoms. The van der Waals surface area contributed by atoms with Crippen LogP contribution >= 0.6 is 0 Å². The first-order valence-corrected chi connectivity index (χ1v) is 26.5. The SMILES string of the molecule is c1ccc(-n2c3ccccc3c3c4oc5c(ccc6c5c5ccccc5n6-c5ccc(N(c6ccc(-c7cccc8c7oc7ccccc78)cc6)c6ccc(-c7cccc8c7oc7ccccc78)cc6)cc5)c4ccc32)cc1. The van der Waals surface area contributed by atoms with E-state index in [1.165, 1.54) is 5.39 Å². The molecule has 5 aromatic heterocycles. The van der Waals surface area contributed by atoms with E-state index in [0.717, 1.165) is 155 Å². The number of fused-ring (bicyclic) bond motifs is 17. The van der Waals surface area contributed by atoms with E-state index in [4.69, 9.17) is 13.3 Å². The van der Waals surface area contributed by atoms with Crippen molar-refractivity contribution in [3.8, 4) is 33.6 Å². The number of benzene rings is 12. The highest BCUT2D eigenvalue weighted by atomic mass is 16.3. The lowest BCUT2D eigenvalue weighted by atomic mass is 10.0. The molecular formula is C72H43N3O3. The maximum absolute atomic E-state index is 7.24. The molecule has 0 radical (unpaired) electrons. The second kappa shape index (κ2) is 16.5. The van der Waals surface area contributed by atoms with Gasteiger partial charge in [0, 0.05) is 82.7 Å². The fourth-order valence-electron chi connectivity index (χ4n) is 12.7. The van der Waals surface area contributed by atoms with Crippen LogP contribution in [0.25, 0.3) is 143 Å². The third kappa shape index (κ3) is 6.19. The van der Waals surface area contributed by atoms with Crippen molar-refractivity contribution in [3.05, 3.63) is 261 Å². The lowest BCUT2D eigenvalue weighted by molar-refractivity contribution is 0.669. The van der Waals surface area contributed by atoms with Gasteiger partial charge in [-0.25, -0.2) is 0 Å². The van der Waals surface area contributed by atoms with Crippen molar-refractivity contribution in [2.24, 2.45) is 0 Å². The van der Waals surface area contributed by atoms with E-state index >= 15 is 0 Å². The summed E-state index contributed by atoms with van der Waals surface area (Å²) >= 11 is 0. The molecule has 12 aromatic carbocycles. The van der Waals surface area contributed by atoms with E-state index in [0.29, 0.717) is 0 Å². The van der Waals surface area contributed by atoms with Gasteiger partial charge in [0.1, 0.15) is 33.5 Å². The van der Waals surface area contributed by atoms with Gasteiger partial charge in [0.2, 0.25) is 0 Å². The van der Waals surface area contributed by atoms with Crippen LogP contribution in [-0.4, -0.2) is 9.13 Å². The van der Waals surface area contributed by atoms with Gasteiger partial charge in [0.25, 0.3) is 0 Å². The van der Waals surface area contributed by atoms with Crippen LogP contribution in [0.1, 0.15) is 0 Å². The largest absolute Gasteiger partial charge is 0.455 e. The highest BCUT2D eigenvalue weighted by molar-refractivity contribution is 6.29. The summed E-state index contributed by atoms with van der Waals surface area (Å²) in [4.78, 5) is 2.33. The van der Waals surface area contributed by atoms with E-state index < -0.39 is 0 Å². The van der Waals surface area contributed by atoms with Crippen molar-refractivity contribution in [2.75, 3.05) is 4.90 Å². The first kappa shape index (κ1) is 42.8. The second-order valence-corrected chi connectivity index (χ2v) is 20.3. The Bertz CT molecular complexity index is 5090. The molecule has 364 valence electrons. The summed E-state index contributed by atoms with van der Waals surface area (Å²) in [6.07, 6.45) is 0. The Kier molecular flexibility index (Phi) is 9.03. The molecule has 0 spiro atoms. The van der Waals surface area contributed by atoms with Crippen LogP contribution in [0.3, 0.4) is 0 Å². The number of rotatable bonds is 7. The Hall–Kier alpha value is -10.6. The number of furan rings is 3. The second-order valence-electron chi connectivity index (χ2n) is 20.3. The summed E-state index contributed by atoms with van der Waals surface area (Å²) in [5, 5.41) is 11.2. The lowest BCUT2D eigenvalue weighted by Gasteiger charge is -2.26. The Morgan fingerprint density at radius 1 is 0.244 bits per heavy atom. The molecule has 6 nitrogen and oxygen atoms in total. The Morgan fingerprint density at radius 3 is 1.12 bits per heavy atom. The Balaban J connectivity index is 0.802. The molecule has 0 saturated heterocycles. The standard InChI is InChI=1S/C72H43N3O3/c1-2-14-46(15-3-1)74-61-24-8-4-18-59(61)67-63(74)42-40-57-58-41-43-64-68(72(58)78-71(57)67)60-19-5-9-25-62(60)75(64)50-38-36-49(37-39-50)73(47-32-28-44(29-33-47)51-20-12-22-55-53-16-6-10-26-65(53)76-69(51)55)48-34-30-45(31-35-48)52-21-13-23-56-54-17-7-11-27-66(54)77-70(52)56/h1-43H. The predicted octanol–water partition coefficient (Wildman–Crippen LogP) is 20.4. The topological polar surface area (TPSA) is 52.5 Å². The van der Waals surface area contributed by atoms with Crippen LogP contribution in [-0.2, 0) is 0 Å². The first-order chi connectivity index (χ1) is 38.7. The molecule has 17 rings (SSSR count). The molecule has 78 heavy (non-hydrogen) atoms. The van der Waals surface area contributed by atoms with Gasteiger partial charge in [0.05, 0.1) is 32.8 Å². The first-order valence-electron chi connectivity index (χ1n) is 26.5. The third-order valence-corrected chi connectivity index (χ3v) is 16.1. The van der Waals surface area contributed by atoms with Crippen molar-refractivity contribution >= 4 is 126 Å². The van der Waals surface area contributed by atoms with Gasteiger partial charge >= 0.3 is 0 Å². The average molecular weight is 998 g/mol. The predicted molar refractivity (Wildman–Crippen MR) is 323 cm³/mol. The van der Waals surface area contributed by atoms with Crippen molar-refractivity contribution in [2.45, 2.75) is 0 Å². The molecule has 0 aliphatic rings. The molecule has 0 N–H and O–H groups in total. The molecule has 0 saturated carbocycles. The molecule has 17 aromatic rings. The van der Waals surface area contributed by atoms with Crippen LogP contribution in [0.4, 0.5) is 17.1 Å². The highest BCUT2D eigenvalue weighted by Gasteiger charge is 2.24. The summed E-state index contributed by atoms with van der Waals surface area (Å²) in [5.41, 5.74) is 19.4. The summed E-state index contributed by atoms with van der Waals surface area (Å²) in [6, 6.07) is 93.0. The molecule has 0 atom stereocenters. The summed E-state index contributed by atoms with van der Waals surface area (Å²) in [6.45, 7) is 0. The minimum atomic E-state index is 0.889. The number of hydrogen-bond donors (Lipinski definition) is 0. The zero-order valence-corrected chi connectivity index (χ0v) is 41.9. The molecule has 0 fully saturated rings. The summed E-state index contributed by atoms with van der Waals surface area (Å²) in [5.74, 6) is 0. The van der Waals surface area contributed by atoms with Crippen molar-refractivity contribution in [1.29, 1.82) is 0 Å². The molecule has 0 aliphatic carbocycles. The number of aromatic nitrogens is 2. The number of nitrogens with zero attached hydrogens (tertiary/aromatic N) is 3. The van der Waals surface area contributed by atoms with Gasteiger partial charge in [-0.15, -0.1) is 0 Å². The lowest BCUT2D eigenvalue weighted by Crippen LogP contribution is -2.10. The summed E-state index contributed by atoms with van der Waals surface area (Å²) in [7, 11) is 0. The Labute approximate surface area is 446 Å². The number of anilines is 3. The number of para-hydroxylation sites is 7. The molecule has 0 unspecified atom stereocenters. The van der Waals surface area contributed by atoms with Gasteiger partial charge in [-0.05, 0) is 120 Å². The highest BCUT2D eigenvalue weighted by Crippen LogP contribution is 2.46. The van der Waals surface area contributed by atoms with Crippen molar-refractivity contribution < 1.29 is 13.3 Å². The van der Waals surface area contributed by atoms with E-state index in [9.17, 15) is 0 Å². The zero-order chi connectivity index (χ0) is 51.0. The van der Waals surface area contributed by atoms with Gasteiger partial charge in [-0.1, -0.05) is 152 Å². The normalized spacial score (nSPS) is 12.1. The average Bonchev–Trinajstić information content (AvgIpc) is 4.52. The van der Waals surface area contributed by atoms with E-state index in [1.807, 2.05) is 24.3 Å². The molecule has 0 amide bonds. The minimum Gasteiger partial charge on any atom is -0.455 e. The van der Waals surface area contributed by atoms with Gasteiger partial charge in [-0.3, -0.25) is 0 Å². The van der Waals surface area contributed by atoms with Crippen LogP contribution in [0.15, 0.2) is 274 Å². The zero-order valence-electron chi connectivity index (χ0n) is 41.9. The quantitative estimate of drug-likeness (QED) is 0.160. The smallest absolute Gasteiger partial charge is 0.145 e. The fraction of sp³-hybridized carbons (Fsp3) is 0. The van der Waals surface area contributed by atoms with Gasteiger partial charge in [-0.2, -0.15) is 0 Å². The van der Waals surface area contributed by atoms with Crippen LogP contribution in [0, 0.1) is 0 Å². The molecule has 0 aliphatic heterocycles. The van der Waals surface area contributed by atoms with Crippen molar-refractivity contribution in [1.82, 2.24) is 9.13 Å². The molecule has 5 heterocycles. The molecular weight excluding hydrogens is 955 g/mol. The van der Waals surface area contributed by atoms with Crippen molar-refractivity contribution in [3.63, 3.8) is 0 Å².